The van der Waals surface area contributed by atoms with Crippen LogP contribution in [0.15, 0.2) is 6.33 Å². The maximum atomic E-state index is 10.5. The summed E-state index contributed by atoms with van der Waals surface area (Å²) in [5, 5.41) is 32.1. The Morgan fingerprint density at radius 1 is 1.73 bits per heavy atom. The highest BCUT2D eigenvalue weighted by atomic mass is 16.6. The second-order valence-corrected chi connectivity index (χ2v) is 2.96. The molecule has 0 amide bonds. The molecule has 0 saturated carbocycles. The minimum atomic E-state index is -1.39. The van der Waals surface area contributed by atoms with Gasteiger partial charge in [0.15, 0.2) is 12.0 Å². The first-order chi connectivity index (χ1) is 7.07. The fraction of sp³-hybridized carbons (Fsp3) is 0.571. The summed E-state index contributed by atoms with van der Waals surface area (Å²) in [6.45, 7) is 0.116. The molecule has 0 aliphatic carbocycles. The van der Waals surface area contributed by atoms with Crippen LogP contribution in [0.5, 0.6) is 0 Å². The third-order valence-corrected chi connectivity index (χ3v) is 1.89. The van der Waals surface area contributed by atoms with Crippen LogP contribution in [0.25, 0.3) is 0 Å². The van der Waals surface area contributed by atoms with Gasteiger partial charge >= 0.3 is 5.82 Å². The van der Waals surface area contributed by atoms with Crippen molar-refractivity contribution >= 4 is 5.82 Å². The second-order valence-electron chi connectivity index (χ2n) is 2.96. The van der Waals surface area contributed by atoms with Crippen LogP contribution in [0, 0.1) is 10.1 Å². The molecule has 4 N–H and O–H groups in total. The number of rotatable bonds is 5. The number of H-pyrrole nitrogens is 1. The van der Waals surface area contributed by atoms with Crippen molar-refractivity contribution in [1.82, 2.24) is 15.3 Å². The van der Waals surface area contributed by atoms with E-state index in [0.29, 0.717) is 0 Å². The van der Waals surface area contributed by atoms with Gasteiger partial charge in [-0.25, -0.2) is 9.97 Å². The average molecular weight is 216 g/mol. The molecule has 0 bridgehead atoms. The molecule has 2 atom stereocenters. The van der Waals surface area contributed by atoms with E-state index >= 15 is 0 Å². The van der Waals surface area contributed by atoms with Gasteiger partial charge in [-0.2, -0.15) is 0 Å². The molecule has 0 spiro atoms. The van der Waals surface area contributed by atoms with Crippen molar-refractivity contribution in [1.29, 1.82) is 0 Å². The van der Waals surface area contributed by atoms with Gasteiger partial charge in [-0.15, -0.1) is 0 Å². The van der Waals surface area contributed by atoms with Gasteiger partial charge in [-0.3, -0.25) is 0 Å². The number of hydrogen-bond donors (Lipinski definition) is 4. The lowest BCUT2D eigenvalue weighted by molar-refractivity contribution is -0.390. The lowest BCUT2D eigenvalue weighted by Crippen LogP contribution is -2.30. The number of aliphatic hydroxyl groups is 2. The number of nitro groups is 1. The molecule has 1 rings (SSSR count). The predicted molar refractivity (Wildman–Crippen MR) is 50.1 cm³/mol. The Hall–Kier alpha value is -1.51. The molecule has 84 valence electrons. The van der Waals surface area contributed by atoms with E-state index in [9.17, 15) is 20.3 Å². The lowest BCUT2D eigenvalue weighted by atomic mass is 10.1. The van der Waals surface area contributed by atoms with Gasteiger partial charge in [0.1, 0.15) is 6.10 Å². The fourth-order valence-electron chi connectivity index (χ4n) is 1.16. The van der Waals surface area contributed by atoms with Crippen molar-refractivity contribution in [3.05, 3.63) is 22.1 Å². The highest BCUT2D eigenvalue weighted by molar-refractivity contribution is 5.28. The zero-order chi connectivity index (χ0) is 11.4. The normalized spacial score (nSPS) is 14.9. The largest absolute Gasteiger partial charge is 0.389 e. The zero-order valence-corrected chi connectivity index (χ0v) is 8.04. The molecular formula is C7H12N4O4. The van der Waals surface area contributed by atoms with Crippen molar-refractivity contribution in [2.45, 2.75) is 12.2 Å². The van der Waals surface area contributed by atoms with Crippen molar-refractivity contribution in [3.8, 4) is 0 Å². The van der Waals surface area contributed by atoms with Crippen LogP contribution in [-0.4, -0.2) is 44.8 Å². The zero-order valence-electron chi connectivity index (χ0n) is 8.04. The monoisotopic (exact) mass is 216 g/mol. The molecule has 0 aliphatic rings. The van der Waals surface area contributed by atoms with Gasteiger partial charge in [-0.1, -0.05) is 0 Å². The number of nitrogens with zero attached hydrogens (tertiary/aromatic N) is 2. The summed E-state index contributed by atoms with van der Waals surface area (Å²) in [6, 6.07) is 0. The number of likely N-dealkylation sites (N-methyl/N-ethyl adjacent to an activating group) is 1. The first-order valence-corrected chi connectivity index (χ1v) is 4.26. The van der Waals surface area contributed by atoms with E-state index in [4.69, 9.17) is 0 Å². The Morgan fingerprint density at radius 3 is 2.93 bits per heavy atom. The Labute approximate surface area is 85.1 Å². The number of aromatic nitrogens is 2. The van der Waals surface area contributed by atoms with Gasteiger partial charge in [0.25, 0.3) is 0 Å². The summed E-state index contributed by atoms with van der Waals surface area (Å²) in [4.78, 5) is 15.7. The van der Waals surface area contributed by atoms with E-state index in [-0.39, 0.29) is 12.2 Å². The van der Waals surface area contributed by atoms with Gasteiger partial charge < -0.3 is 25.6 Å². The number of aliphatic hydroxyl groups excluding tert-OH is 2. The van der Waals surface area contributed by atoms with Crippen LogP contribution < -0.4 is 5.32 Å². The molecule has 0 radical (unpaired) electrons. The third-order valence-electron chi connectivity index (χ3n) is 1.89. The van der Waals surface area contributed by atoms with E-state index in [1.54, 1.807) is 7.05 Å². The summed E-state index contributed by atoms with van der Waals surface area (Å²) in [5.74, 6) is -0.405. The van der Waals surface area contributed by atoms with E-state index in [1.807, 2.05) is 0 Å². The van der Waals surface area contributed by atoms with Crippen molar-refractivity contribution in [2.24, 2.45) is 0 Å². The first kappa shape index (κ1) is 11.6. The quantitative estimate of drug-likeness (QED) is 0.367. The summed E-state index contributed by atoms with van der Waals surface area (Å²) in [7, 11) is 1.59. The van der Waals surface area contributed by atoms with E-state index in [0.717, 1.165) is 6.33 Å². The summed E-state index contributed by atoms with van der Waals surface area (Å²) in [5.41, 5.74) is -0.164. The minimum Gasteiger partial charge on any atom is -0.389 e. The predicted octanol–water partition coefficient (Wildman–Crippen LogP) is -1.07. The molecule has 15 heavy (non-hydrogen) atoms. The van der Waals surface area contributed by atoms with E-state index in [1.165, 1.54) is 0 Å². The Kier molecular flexibility index (Phi) is 3.72. The molecule has 1 aromatic rings. The third kappa shape index (κ3) is 2.49. The molecule has 1 aromatic heterocycles. The van der Waals surface area contributed by atoms with Gasteiger partial charge in [0.2, 0.25) is 0 Å². The Morgan fingerprint density at radius 2 is 2.40 bits per heavy atom. The number of nitrogens with one attached hydrogen (secondary N) is 2. The molecule has 8 heteroatoms. The highest BCUT2D eigenvalue weighted by Crippen LogP contribution is 2.22. The lowest BCUT2D eigenvalue weighted by Gasteiger charge is -2.14. The Balaban J connectivity index is 2.85. The number of imidazole rings is 1. The van der Waals surface area contributed by atoms with Gasteiger partial charge in [0.05, 0.1) is 6.10 Å². The van der Waals surface area contributed by atoms with Crippen molar-refractivity contribution < 1.29 is 15.1 Å². The smallest absolute Gasteiger partial charge is 0.346 e. The fourth-order valence-corrected chi connectivity index (χ4v) is 1.16. The maximum absolute atomic E-state index is 10.5. The number of hydrogen-bond acceptors (Lipinski definition) is 6. The molecule has 0 aliphatic heterocycles. The summed E-state index contributed by atoms with van der Waals surface area (Å²) in [6.07, 6.45) is -1.43. The first-order valence-electron chi connectivity index (χ1n) is 4.26. The van der Waals surface area contributed by atoms with Gasteiger partial charge in [-0.05, 0) is 12.0 Å². The molecule has 1 heterocycles. The number of aromatic amines is 1. The minimum absolute atomic E-state index is 0.116. The highest BCUT2D eigenvalue weighted by Gasteiger charge is 2.27. The van der Waals surface area contributed by atoms with E-state index in [2.05, 4.69) is 15.3 Å². The molecule has 8 nitrogen and oxygen atoms in total. The molecule has 0 saturated heterocycles. The van der Waals surface area contributed by atoms with E-state index < -0.39 is 22.9 Å². The van der Waals surface area contributed by atoms with Crippen LogP contribution in [0.1, 0.15) is 11.8 Å². The van der Waals surface area contributed by atoms with Crippen molar-refractivity contribution in [2.75, 3.05) is 13.6 Å². The summed E-state index contributed by atoms with van der Waals surface area (Å²) < 4.78 is 0. The molecular weight excluding hydrogens is 204 g/mol. The second kappa shape index (κ2) is 4.82. The van der Waals surface area contributed by atoms with Crippen LogP contribution in [0.3, 0.4) is 0 Å². The Bertz CT molecular complexity index is 339. The maximum Gasteiger partial charge on any atom is 0.346 e. The van der Waals surface area contributed by atoms with Crippen LogP contribution >= 0.6 is 0 Å². The SMILES string of the molecule is CNCC(O)C(O)c1nc[nH]c1[N+](=O)[O-]. The standard InChI is InChI=1S/C7H12N4O4/c1-8-2-4(12)6(13)5-7(11(14)15)10-3-9-5/h3-4,6,8,12-13H,2H2,1H3,(H,9,10). The van der Waals surface area contributed by atoms with Crippen LogP contribution in [0.2, 0.25) is 0 Å². The molecule has 2 unspecified atom stereocenters. The van der Waals surface area contributed by atoms with Crippen LogP contribution in [0.4, 0.5) is 5.82 Å². The molecule has 0 fully saturated rings. The molecule has 0 aromatic carbocycles. The van der Waals surface area contributed by atoms with Crippen LogP contribution in [-0.2, 0) is 0 Å². The van der Waals surface area contributed by atoms with Gasteiger partial charge in [0, 0.05) is 6.54 Å². The topological polar surface area (TPSA) is 124 Å². The summed E-state index contributed by atoms with van der Waals surface area (Å²) >= 11 is 0. The van der Waals surface area contributed by atoms with Crippen molar-refractivity contribution in [3.63, 3.8) is 0 Å². The average Bonchev–Trinajstić information content (AvgIpc) is 2.65.